The fourth-order valence-corrected chi connectivity index (χ4v) is 7.88. The van der Waals surface area contributed by atoms with Gasteiger partial charge < -0.3 is 20.9 Å². The fraction of sp³-hybridized carbons (Fsp3) is 0.341. The molecule has 0 bridgehead atoms. The van der Waals surface area contributed by atoms with Crippen LogP contribution in [0, 0.1) is 0 Å². The third-order valence-electron chi connectivity index (χ3n) is 10.3. The zero-order valence-electron chi connectivity index (χ0n) is 27.5. The summed E-state index contributed by atoms with van der Waals surface area (Å²) in [5.41, 5.74) is 8.97. The monoisotopic (exact) mass is 642 g/mol. The number of nitrogens with one attached hydrogen (secondary N) is 1. The highest BCUT2D eigenvalue weighted by molar-refractivity contribution is 5.98. The largest absolute Gasteiger partial charge is 0.350 e. The van der Waals surface area contributed by atoms with Crippen molar-refractivity contribution in [1.82, 2.24) is 15.1 Å². The Morgan fingerprint density at radius 2 is 1.38 bits per heavy atom. The van der Waals surface area contributed by atoms with Crippen molar-refractivity contribution in [3.63, 3.8) is 0 Å². The van der Waals surface area contributed by atoms with Crippen molar-refractivity contribution in [1.29, 1.82) is 0 Å². The summed E-state index contributed by atoms with van der Waals surface area (Å²) in [5.74, 6) is -0.626. The van der Waals surface area contributed by atoms with Crippen LogP contribution in [-0.2, 0) is 20.9 Å². The van der Waals surface area contributed by atoms with Gasteiger partial charge in [0.2, 0.25) is 17.7 Å². The number of hydrogen-bond acceptors (Lipinski definition) is 4. The summed E-state index contributed by atoms with van der Waals surface area (Å²) < 4.78 is 0. The number of nitrogens with two attached hydrogens (primary N) is 1. The van der Waals surface area contributed by atoms with Gasteiger partial charge in [-0.25, -0.2) is 0 Å². The minimum Gasteiger partial charge on any atom is -0.350 e. The minimum atomic E-state index is -1.05. The van der Waals surface area contributed by atoms with Gasteiger partial charge in [0.25, 0.3) is 0 Å². The van der Waals surface area contributed by atoms with E-state index in [1.54, 1.807) is 4.90 Å². The lowest BCUT2D eigenvalue weighted by atomic mass is 9.78. The SMILES string of the molecule is NCCCC[C@@H](C(=O)NCc1ccccc1)N1CCC2(C1=O)[C@H](c1ccccc1)CCN2C(=O)CC(c1ccccc1)c1ccccc1. The van der Waals surface area contributed by atoms with Crippen molar-refractivity contribution in [2.45, 2.75) is 68.5 Å². The van der Waals surface area contributed by atoms with E-state index in [2.05, 4.69) is 41.7 Å². The van der Waals surface area contributed by atoms with Crippen LogP contribution in [0.3, 0.4) is 0 Å². The number of rotatable bonds is 13. The molecule has 248 valence electrons. The molecule has 3 atom stereocenters. The maximum Gasteiger partial charge on any atom is 0.249 e. The van der Waals surface area contributed by atoms with Gasteiger partial charge in [-0.15, -0.1) is 0 Å². The van der Waals surface area contributed by atoms with E-state index in [1.807, 2.05) is 89.8 Å². The van der Waals surface area contributed by atoms with Crippen LogP contribution in [0.25, 0.3) is 0 Å². The lowest BCUT2D eigenvalue weighted by molar-refractivity contribution is -0.150. The van der Waals surface area contributed by atoms with E-state index < -0.39 is 11.6 Å². The topological polar surface area (TPSA) is 95.7 Å². The summed E-state index contributed by atoms with van der Waals surface area (Å²) in [6.07, 6.45) is 3.45. The molecule has 4 aromatic carbocycles. The van der Waals surface area contributed by atoms with E-state index in [0.717, 1.165) is 35.1 Å². The second-order valence-electron chi connectivity index (χ2n) is 13.1. The molecule has 0 radical (unpaired) electrons. The highest BCUT2D eigenvalue weighted by Crippen LogP contribution is 2.50. The summed E-state index contributed by atoms with van der Waals surface area (Å²) in [6, 6.07) is 39.5. The van der Waals surface area contributed by atoms with Crippen LogP contribution >= 0.6 is 0 Å². The summed E-state index contributed by atoms with van der Waals surface area (Å²) >= 11 is 0. The molecule has 3 N–H and O–H groups in total. The van der Waals surface area contributed by atoms with E-state index in [0.29, 0.717) is 45.4 Å². The fourth-order valence-electron chi connectivity index (χ4n) is 7.88. The summed E-state index contributed by atoms with van der Waals surface area (Å²) in [6.45, 7) is 1.82. The molecule has 7 heteroatoms. The molecule has 0 saturated carbocycles. The Kier molecular flexibility index (Phi) is 10.7. The lowest BCUT2D eigenvalue weighted by Crippen LogP contribution is -2.58. The smallest absolute Gasteiger partial charge is 0.249 e. The summed E-state index contributed by atoms with van der Waals surface area (Å²) in [7, 11) is 0. The van der Waals surface area contributed by atoms with Crippen molar-refractivity contribution in [2.75, 3.05) is 19.6 Å². The molecule has 2 aliphatic rings. The Balaban J connectivity index is 1.31. The Morgan fingerprint density at radius 1 is 0.792 bits per heavy atom. The Bertz CT molecular complexity index is 1610. The highest BCUT2D eigenvalue weighted by Gasteiger charge is 2.61. The average Bonchev–Trinajstić information content (AvgIpc) is 3.69. The first-order valence-corrected chi connectivity index (χ1v) is 17.3. The number of carbonyl (C=O) groups is 3. The zero-order chi connectivity index (χ0) is 33.3. The van der Waals surface area contributed by atoms with Gasteiger partial charge in [-0.3, -0.25) is 14.4 Å². The molecular formula is C41H46N4O3. The minimum absolute atomic E-state index is 0.0328. The number of amides is 3. The first-order chi connectivity index (χ1) is 23.5. The predicted molar refractivity (Wildman–Crippen MR) is 189 cm³/mol. The van der Waals surface area contributed by atoms with Gasteiger partial charge in [0, 0.05) is 37.9 Å². The van der Waals surface area contributed by atoms with Crippen LogP contribution in [0.15, 0.2) is 121 Å². The van der Waals surface area contributed by atoms with Crippen LogP contribution in [0.1, 0.15) is 72.6 Å². The molecular weight excluding hydrogens is 596 g/mol. The molecule has 2 saturated heterocycles. The standard InChI is InChI=1S/C41H46N4O3/c42-26-14-13-23-37(39(47)43-30-31-15-5-1-6-16-31)44-28-25-41(40(44)48)36(34-21-11-4-12-22-34)24-27-45(41)38(46)29-35(32-17-7-2-8-18-32)33-19-9-3-10-20-33/h1-12,15-22,35-37H,13-14,23-30,42H2,(H,43,47)/t36-,37-,41?/m0/s1. The molecule has 2 aliphatic heterocycles. The molecule has 1 unspecified atom stereocenters. The summed E-state index contributed by atoms with van der Waals surface area (Å²) in [4.78, 5) is 47.2. The third-order valence-corrected chi connectivity index (χ3v) is 10.3. The van der Waals surface area contributed by atoms with Crippen molar-refractivity contribution in [3.05, 3.63) is 144 Å². The van der Waals surface area contributed by atoms with Gasteiger partial charge in [0.05, 0.1) is 0 Å². The Hall–Kier alpha value is -4.75. The zero-order valence-corrected chi connectivity index (χ0v) is 27.5. The van der Waals surface area contributed by atoms with Crippen molar-refractivity contribution < 1.29 is 14.4 Å². The first kappa shape index (κ1) is 33.2. The number of carbonyl (C=O) groups excluding carboxylic acids is 3. The van der Waals surface area contributed by atoms with Gasteiger partial charge >= 0.3 is 0 Å². The van der Waals surface area contributed by atoms with Gasteiger partial charge in [0.15, 0.2) is 0 Å². The molecule has 1 spiro atoms. The third kappa shape index (κ3) is 6.92. The lowest BCUT2D eigenvalue weighted by Gasteiger charge is -2.39. The van der Waals surface area contributed by atoms with Crippen LogP contribution in [0.5, 0.6) is 0 Å². The highest BCUT2D eigenvalue weighted by atomic mass is 16.2. The number of hydrogen-bond donors (Lipinski definition) is 2. The number of likely N-dealkylation sites (tertiary alicyclic amines) is 2. The van der Waals surface area contributed by atoms with Crippen LogP contribution in [-0.4, -0.2) is 58.7 Å². The van der Waals surface area contributed by atoms with Crippen LogP contribution in [0.4, 0.5) is 0 Å². The molecule has 48 heavy (non-hydrogen) atoms. The van der Waals surface area contributed by atoms with E-state index >= 15 is 4.79 Å². The predicted octanol–water partition coefficient (Wildman–Crippen LogP) is 6.01. The second-order valence-corrected chi connectivity index (χ2v) is 13.1. The quantitative estimate of drug-likeness (QED) is 0.175. The molecule has 0 aromatic heterocycles. The second kappa shape index (κ2) is 15.4. The molecule has 2 heterocycles. The van der Waals surface area contributed by atoms with Gasteiger partial charge in [0.1, 0.15) is 11.6 Å². The van der Waals surface area contributed by atoms with E-state index in [9.17, 15) is 9.59 Å². The van der Waals surface area contributed by atoms with E-state index in [4.69, 9.17) is 5.73 Å². The molecule has 2 fully saturated rings. The Labute approximate surface area is 284 Å². The average molecular weight is 643 g/mol. The van der Waals surface area contributed by atoms with E-state index in [-0.39, 0.29) is 36.0 Å². The summed E-state index contributed by atoms with van der Waals surface area (Å²) in [5, 5.41) is 3.10. The molecule has 3 amide bonds. The Morgan fingerprint density at radius 3 is 1.98 bits per heavy atom. The maximum atomic E-state index is 15.0. The van der Waals surface area contributed by atoms with Crippen LogP contribution in [0.2, 0.25) is 0 Å². The normalized spacial score (nSPS) is 19.6. The first-order valence-electron chi connectivity index (χ1n) is 17.3. The molecule has 0 aliphatic carbocycles. The van der Waals surface area contributed by atoms with Crippen molar-refractivity contribution in [2.24, 2.45) is 5.73 Å². The van der Waals surface area contributed by atoms with Gasteiger partial charge in [-0.2, -0.15) is 0 Å². The van der Waals surface area contributed by atoms with Crippen molar-refractivity contribution >= 4 is 17.7 Å². The van der Waals surface area contributed by atoms with E-state index in [1.165, 1.54) is 0 Å². The number of benzene rings is 4. The molecule has 7 nitrogen and oxygen atoms in total. The number of unbranched alkanes of at least 4 members (excludes halogenated alkanes) is 1. The molecule has 4 aromatic rings. The van der Waals surface area contributed by atoms with Gasteiger partial charge in [-0.05, 0) is 60.9 Å². The van der Waals surface area contributed by atoms with Gasteiger partial charge in [-0.1, -0.05) is 121 Å². The molecule has 6 rings (SSSR count). The number of nitrogens with zero attached hydrogens (tertiary/aromatic N) is 2. The van der Waals surface area contributed by atoms with Crippen molar-refractivity contribution in [3.8, 4) is 0 Å². The maximum absolute atomic E-state index is 15.0. The van der Waals surface area contributed by atoms with Crippen LogP contribution < -0.4 is 11.1 Å².